The largest absolute Gasteiger partial charge is 0.273 e. The summed E-state index contributed by atoms with van der Waals surface area (Å²) in [6, 6.07) is 12.5. The Morgan fingerprint density at radius 2 is 1.77 bits per heavy atom. The summed E-state index contributed by atoms with van der Waals surface area (Å²) in [5, 5.41) is 10.9. The van der Waals surface area contributed by atoms with Crippen LogP contribution in [0.2, 0.25) is 0 Å². The summed E-state index contributed by atoms with van der Waals surface area (Å²) in [4.78, 5) is 10.2. The number of hydrogen-bond acceptors (Lipinski definition) is 4. The molecular weight excluding hydrogens is 304 g/mol. The van der Waals surface area contributed by atoms with Gasteiger partial charge < -0.3 is 0 Å². The first kappa shape index (κ1) is 16.1. The first-order chi connectivity index (χ1) is 10.3. The molecule has 0 heterocycles. The second-order valence-electron chi connectivity index (χ2n) is 4.96. The fourth-order valence-corrected chi connectivity index (χ4v) is 3.32. The minimum absolute atomic E-state index is 0.118. The number of nitro benzene ring substituents is 1. The van der Waals surface area contributed by atoms with Crippen LogP contribution in [0.1, 0.15) is 24.1 Å². The van der Waals surface area contributed by atoms with Crippen molar-refractivity contribution in [1.29, 1.82) is 0 Å². The van der Waals surface area contributed by atoms with Gasteiger partial charge >= 0.3 is 0 Å². The highest BCUT2D eigenvalue weighted by Gasteiger charge is 2.22. The molecule has 0 unspecified atom stereocenters. The van der Waals surface area contributed by atoms with Crippen LogP contribution in [0.15, 0.2) is 53.4 Å². The number of hydrogen-bond donors (Lipinski definition) is 1. The SMILES string of the molecule is Cc1ccc(S(=O)(=O)N[C@@H](C)c2ccccc2)cc1[N+](=O)[O-]. The lowest BCUT2D eigenvalue weighted by Crippen LogP contribution is -2.27. The maximum atomic E-state index is 12.4. The zero-order valence-electron chi connectivity index (χ0n) is 12.2. The maximum Gasteiger partial charge on any atom is 0.273 e. The van der Waals surface area contributed by atoms with Crippen molar-refractivity contribution in [3.63, 3.8) is 0 Å². The fourth-order valence-electron chi connectivity index (χ4n) is 2.06. The molecule has 0 amide bonds. The Morgan fingerprint density at radius 3 is 2.36 bits per heavy atom. The highest BCUT2D eigenvalue weighted by atomic mass is 32.2. The van der Waals surface area contributed by atoms with Gasteiger partial charge in [0, 0.05) is 17.7 Å². The van der Waals surface area contributed by atoms with Crippen LogP contribution in [0.25, 0.3) is 0 Å². The molecule has 0 aliphatic carbocycles. The zero-order valence-corrected chi connectivity index (χ0v) is 13.0. The molecule has 0 radical (unpaired) electrons. The predicted molar refractivity (Wildman–Crippen MR) is 83.0 cm³/mol. The second kappa shape index (κ2) is 6.25. The molecule has 0 aromatic heterocycles. The number of nitrogens with zero attached hydrogens (tertiary/aromatic N) is 1. The Bertz CT molecular complexity index is 788. The van der Waals surface area contributed by atoms with Crippen LogP contribution in [0.3, 0.4) is 0 Å². The quantitative estimate of drug-likeness (QED) is 0.677. The van der Waals surface area contributed by atoms with Gasteiger partial charge in [0.25, 0.3) is 5.69 Å². The second-order valence-corrected chi connectivity index (χ2v) is 6.67. The van der Waals surface area contributed by atoms with E-state index in [1.807, 2.05) is 30.3 Å². The van der Waals surface area contributed by atoms with Gasteiger partial charge in [-0.3, -0.25) is 10.1 Å². The van der Waals surface area contributed by atoms with E-state index < -0.39 is 21.0 Å². The Kier molecular flexibility index (Phi) is 4.58. The fraction of sp³-hybridized carbons (Fsp3) is 0.200. The third kappa shape index (κ3) is 3.49. The van der Waals surface area contributed by atoms with E-state index in [-0.39, 0.29) is 10.6 Å². The summed E-state index contributed by atoms with van der Waals surface area (Å²) in [5.41, 5.74) is 1.02. The summed E-state index contributed by atoms with van der Waals surface area (Å²) >= 11 is 0. The van der Waals surface area contributed by atoms with Crippen molar-refractivity contribution < 1.29 is 13.3 Å². The molecule has 1 atom stereocenters. The van der Waals surface area contributed by atoms with Crippen molar-refractivity contribution in [2.45, 2.75) is 24.8 Å². The molecule has 0 saturated heterocycles. The summed E-state index contributed by atoms with van der Waals surface area (Å²) in [5.74, 6) is 0. The molecule has 1 N–H and O–H groups in total. The summed E-state index contributed by atoms with van der Waals surface area (Å²) in [6.45, 7) is 3.28. The summed E-state index contributed by atoms with van der Waals surface area (Å²) in [6.07, 6.45) is 0. The molecule has 2 aromatic carbocycles. The monoisotopic (exact) mass is 320 g/mol. The molecule has 116 valence electrons. The molecule has 22 heavy (non-hydrogen) atoms. The van der Waals surface area contributed by atoms with E-state index in [1.165, 1.54) is 12.1 Å². The van der Waals surface area contributed by atoms with Gasteiger partial charge in [-0.05, 0) is 25.5 Å². The van der Waals surface area contributed by atoms with Gasteiger partial charge in [-0.15, -0.1) is 0 Å². The smallest absolute Gasteiger partial charge is 0.258 e. The van der Waals surface area contributed by atoms with E-state index in [2.05, 4.69) is 4.72 Å². The Morgan fingerprint density at radius 1 is 1.14 bits per heavy atom. The minimum Gasteiger partial charge on any atom is -0.258 e. The molecule has 2 rings (SSSR count). The average Bonchev–Trinajstić information content (AvgIpc) is 2.47. The van der Waals surface area contributed by atoms with Crippen molar-refractivity contribution in [3.05, 3.63) is 69.8 Å². The summed E-state index contributed by atoms with van der Waals surface area (Å²) in [7, 11) is -3.83. The Balaban J connectivity index is 2.31. The molecule has 0 fully saturated rings. The molecule has 0 aliphatic rings. The van der Waals surface area contributed by atoms with Crippen molar-refractivity contribution in [3.8, 4) is 0 Å². The molecule has 0 bridgehead atoms. The van der Waals surface area contributed by atoms with Crippen molar-refractivity contribution in [2.24, 2.45) is 0 Å². The van der Waals surface area contributed by atoms with Crippen molar-refractivity contribution >= 4 is 15.7 Å². The molecule has 6 nitrogen and oxygen atoms in total. The number of nitrogens with one attached hydrogen (secondary N) is 1. The van der Waals surface area contributed by atoms with Gasteiger partial charge in [-0.1, -0.05) is 36.4 Å². The first-order valence-corrected chi connectivity index (χ1v) is 8.12. The third-order valence-electron chi connectivity index (χ3n) is 3.32. The van der Waals surface area contributed by atoms with E-state index in [0.717, 1.165) is 11.6 Å². The predicted octanol–water partition coefficient (Wildman–Crippen LogP) is 2.94. The van der Waals surface area contributed by atoms with Crippen LogP contribution in [0, 0.1) is 17.0 Å². The molecular formula is C15H16N2O4S. The normalized spacial score (nSPS) is 12.8. The average molecular weight is 320 g/mol. The summed E-state index contributed by atoms with van der Waals surface area (Å²) < 4.78 is 27.3. The van der Waals surface area contributed by atoms with E-state index in [4.69, 9.17) is 0 Å². The lowest BCUT2D eigenvalue weighted by molar-refractivity contribution is -0.385. The van der Waals surface area contributed by atoms with Gasteiger partial charge in [-0.2, -0.15) is 0 Å². The maximum absolute atomic E-state index is 12.4. The third-order valence-corrected chi connectivity index (χ3v) is 4.86. The van der Waals surface area contributed by atoms with E-state index in [9.17, 15) is 18.5 Å². The van der Waals surface area contributed by atoms with E-state index in [1.54, 1.807) is 13.8 Å². The standard InChI is InChI=1S/C15H16N2O4S/c1-11-8-9-14(10-15(11)17(18)19)22(20,21)16-12(2)13-6-4-3-5-7-13/h3-10,12,16H,1-2H3/t12-/m0/s1. The molecule has 0 saturated carbocycles. The highest BCUT2D eigenvalue weighted by molar-refractivity contribution is 7.89. The van der Waals surface area contributed by atoms with Crippen LogP contribution in [-0.4, -0.2) is 13.3 Å². The Hall–Kier alpha value is -2.25. The zero-order chi connectivity index (χ0) is 16.3. The van der Waals surface area contributed by atoms with Gasteiger partial charge in [-0.25, -0.2) is 13.1 Å². The van der Waals surface area contributed by atoms with Gasteiger partial charge in [0.2, 0.25) is 10.0 Å². The van der Waals surface area contributed by atoms with Crippen LogP contribution >= 0.6 is 0 Å². The van der Waals surface area contributed by atoms with Crippen LogP contribution in [-0.2, 0) is 10.0 Å². The molecule has 7 heteroatoms. The van der Waals surface area contributed by atoms with Crippen LogP contribution < -0.4 is 4.72 Å². The van der Waals surface area contributed by atoms with E-state index in [0.29, 0.717) is 5.56 Å². The Labute approximate surface area is 129 Å². The number of nitro groups is 1. The van der Waals surface area contributed by atoms with Crippen LogP contribution in [0.4, 0.5) is 5.69 Å². The molecule has 0 spiro atoms. The van der Waals surface area contributed by atoms with Crippen LogP contribution in [0.5, 0.6) is 0 Å². The number of aryl methyl sites for hydroxylation is 1. The topological polar surface area (TPSA) is 89.3 Å². The number of benzene rings is 2. The minimum atomic E-state index is -3.83. The molecule has 2 aromatic rings. The van der Waals surface area contributed by atoms with E-state index >= 15 is 0 Å². The van der Waals surface area contributed by atoms with Crippen molar-refractivity contribution in [1.82, 2.24) is 4.72 Å². The van der Waals surface area contributed by atoms with Gasteiger partial charge in [0.15, 0.2) is 0 Å². The number of rotatable bonds is 5. The van der Waals surface area contributed by atoms with Gasteiger partial charge in [0.1, 0.15) is 0 Å². The van der Waals surface area contributed by atoms with Gasteiger partial charge in [0.05, 0.1) is 9.82 Å². The molecule has 0 aliphatic heterocycles. The number of sulfonamides is 1. The first-order valence-electron chi connectivity index (χ1n) is 6.63. The lowest BCUT2D eigenvalue weighted by atomic mass is 10.1. The lowest BCUT2D eigenvalue weighted by Gasteiger charge is -2.14. The van der Waals surface area contributed by atoms with Crippen molar-refractivity contribution in [2.75, 3.05) is 0 Å². The highest BCUT2D eigenvalue weighted by Crippen LogP contribution is 2.23.